The van der Waals surface area contributed by atoms with Gasteiger partial charge < -0.3 is 10.0 Å². The zero-order valence-electron chi connectivity index (χ0n) is 13.1. The molecule has 5 nitrogen and oxygen atoms in total. The number of hydrogen-bond donors (Lipinski definition) is 2. The maximum Gasteiger partial charge on any atom is 0.275 e. The van der Waals surface area contributed by atoms with Gasteiger partial charge in [0.1, 0.15) is 11.6 Å². The summed E-state index contributed by atoms with van der Waals surface area (Å²) in [5.41, 5.74) is 0.968. The van der Waals surface area contributed by atoms with E-state index in [0.29, 0.717) is 10.9 Å². The molecule has 2 aromatic carbocycles. The van der Waals surface area contributed by atoms with Crippen LogP contribution in [-0.2, 0) is 0 Å². The zero-order chi connectivity index (χ0) is 17.6. The second-order valence-corrected chi connectivity index (χ2v) is 6.15. The molecule has 1 aliphatic heterocycles. The summed E-state index contributed by atoms with van der Waals surface area (Å²) in [6.07, 6.45) is -0.657. The summed E-state index contributed by atoms with van der Waals surface area (Å²) >= 11 is 0. The molecular weight excluding hydrogens is 328 g/mol. The number of aliphatic hydroxyl groups is 1. The van der Waals surface area contributed by atoms with Crippen molar-refractivity contribution in [1.29, 1.82) is 0 Å². The van der Waals surface area contributed by atoms with Crippen LogP contribution in [0.1, 0.15) is 28.5 Å². The van der Waals surface area contributed by atoms with Gasteiger partial charge in [0.2, 0.25) is 0 Å². The number of aromatic nitrogens is 2. The highest BCUT2D eigenvalue weighted by Crippen LogP contribution is 2.35. The molecule has 4 rings (SSSR count). The predicted molar refractivity (Wildman–Crippen MR) is 86.9 cm³/mol. The topological polar surface area (TPSA) is 69.2 Å². The average Bonchev–Trinajstić information content (AvgIpc) is 3.20. The number of amides is 1. The second-order valence-electron chi connectivity index (χ2n) is 6.15. The summed E-state index contributed by atoms with van der Waals surface area (Å²) in [6.45, 7) is 0.0423. The van der Waals surface area contributed by atoms with Gasteiger partial charge in [0.05, 0.1) is 17.7 Å². The van der Waals surface area contributed by atoms with Crippen molar-refractivity contribution in [1.82, 2.24) is 15.1 Å². The number of β-amino-alcohol motifs (C(OH)–C–C–N with tert-alkyl or cyclic N) is 1. The molecule has 3 aromatic rings. The Morgan fingerprint density at radius 1 is 1.24 bits per heavy atom. The number of hydrogen-bond acceptors (Lipinski definition) is 3. The molecule has 128 valence electrons. The molecule has 1 fully saturated rings. The molecule has 1 aliphatic rings. The predicted octanol–water partition coefficient (Wildman–Crippen LogP) is 2.79. The minimum absolute atomic E-state index is 0.0423. The Hall–Kier alpha value is -2.80. The lowest BCUT2D eigenvalue weighted by Crippen LogP contribution is -2.32. The number of fused-ring (bicyclic) bond motifs is 1. The van der Waals surface area contributed by atoms with Crippen LogP contribution in [0.15, 0.2) is 42.5 Å². The van der Waals surface area contributed by atoms with Crippen LogP contribution < -0.4 is 0 Å². The molecule has 0 radical (unpaired) electrons. The Kier molecular flexibility index (Phi) is 3.73. The van der Waals surface area contributed by atoms with Gasteiger partial charge in [-0.2, -0.15) is 5.10 Å². The summed E-state index contributed by atoms with van der Waals surface area (Å²) < 4.78 is 27.7. The summed E-state index contributed by atoms with van der Waals surface area (Å²) in [4.78, 5) is 14.3. The minimum atomic E-state index is -0.804. The number of carbonyl (C=O) groups excluding carboxylic acids is 1. The molecule has 7 heteroatoms. The molecule has 0 aliphatic carbocycles. The van der Waals surface area contributed by atoms with Crippen LogP contribution >= 0.6 is 0 Å². The summed E-state index contributed by atoms with van der Waals surface area (Å²) in [5.74, 6) is -1.62. The highest BCUT2D eigenvalue weighted by Gasteiger charge is 2.38. The first-order valence-corrected chi connectivity index (χ1v) is 7.91. The van der Waals surface area contributed by atoms with Crippen molar-refractivity contribution in [3.05, 3.63) is 65.4 Å². The van der Waals surface area contributed by atoms with E-state index in [1.807, 2.05) is 6.07 Å². The van der Waals surface area contributed by atoms with Crippen molar-refractivity contribution < 1.29 is 18.7 Å². The number of nitrogens with one attached hydrogen (secondary N) is 1. The number of halogens is 2. The average molecular weight is 343 g/mol. The van der Waals surface area contributed by atoms with Gasteiger partial charge in [0, 0.05) is 17.5 Å². The van der Waals surface area contributed by atoms with E-state index in [0.717, 1.165) is 18.2 Å². The molecule has 0 bridgehead atoms. The Morgan fingerprint density at radius 3 is 2.88 bits per heavy atom. The van der Waals surface area contributed by atoms with Gasteiger partial charge in [-0.1, -0.05) is 18.2 Å². The largest absolute Gasteiger partial charge is 0.391 e. The Bertz CT molecular complexity index is 956. The number of aromatic amines is 1. The Labute approximate surface area is 141 Å². The van der Waals surface area contributed by atoms with Gasteiger partial charge in [-0.05, 0) is 30.7 Å². The maximum absolute atomic E-state index is 14.2. The lowest BCUT2D eigenvalue weighted by molar-refractivity contribution is 0.0709. The molecule has 1 aromatic heterocycles. The molecule has 0 spiro atoms. The van der Waals surface area contributed by atoms with Crippen LogP contribution in [-0.4, -0.2) is 38.8 Å². The van der Waals surface area contributed by atoms with Gasteiger partial charge in [-0.3, -0.25) is 9.89 Å². The quantitative estimate of drug-likeness (QED) is 0.752. The molecule has 1 saturated heterocycles. The van der Waals surface area contributed by atoms with Gasteiger partial charge in [-0.25, -0.2) is 8.78 Å². The fourth-order valence-electron chi connectivity index (χ4n) is 3.37. The fourth-order valence-corrected chi connectivity index (χ4v) is 3.37. The molecule has 0 saturated carbocycles. The first-order chi connectivity index (χ1) is 12.0. The van der Waals surface area contributed by atoms with Crippen molar-refractivity contribution in [3.8, 4) is 0 Å². The summed E-state index contributed by atoms with van der Waals surface area (Å²) in [6, 6.07) is 9.54. The van der Waals surface area contributed by atoms with Crippen LogP contribution in [0, 0.1) is 11.6 Å². The van der Waals surface area contributed by atoms with E-state index in [9.17, 15) is 18.7 Å². The number of para-hydroxylation sites is 1. The third-order valence-corrected chi connectivity index (χ3v) is 4.53. The van der Waals surface area contributed by atoms with Crippen LogP contribution in [0.25, 0.3) is 10.9 Å². The van der Waals surface area contributed by atoms with Crippen molar-refractivity contribution in [2.75, 3.05) is 6.54 Å². The van der Waals surface area contributed by atoms with Crippen molar-refractivity contribution in [3.63, 3.8) is 0 Å². The van der Waals surface area contributed by atoms with Crippen LogP contribution in [0.5, 0.6) is 0 Å². The van der Waals surface area contributed by atoms with Crippen molar-refractivity contribution in [2.45, 2.75) is 18.6 Å². The highest BCUT2D eigenvalue weighted by atomic mass is 19.1. The zero-order valence-corrected chi connectivity index (χ0v) is 13.1. The van der Waals surface area contributed by atoms with E-state index >= 15 is 0 Å². The first-order valence-electron chi connectivity index (χ1n) is 7.91. The number of aliphatic hydroxyl groups excluding tert-OH is 1. The molecule has 0 unspecified atom stereocenters. The fraction of sp³-hybridized carbons (Fsp3) is 0.222. The monoisotopic (exact) mass is 343 g/mol. The summed E-state index contributed by atoms with van der Waals surface area (Å²) in [7, 11) is 0. The van der Waals surface area contributed by atoms with Gasteiger partial charge in [-0.15, -0.1) is 0 Å². The third kappa shape index (κ3) is 2.66. The highest BCUT2D eigenvalue weighted by molar-refractivity contribution is 6.04. The van der Waals surface area contributed by atoms with E-state index < -0.39 is 29.7 Å². The van der Waals surface area contributed by atoms with Crippen molar-refractivity contribution in [2.24, 2.45) is 0 Å². The standard InChI is InChI=1S/C18H15F2N3O2/c19-10-5-6-14(20)13(7-10)16-8-11(24)9-23(16)18(25)17-12-3-1-2-4-15(12)21-22-17/h1-7,11,16,24H,8-9H2,(H,21,22)/t11-,16+/m1/s1. The van der Waals surface area contributed by atoms with Crippen LogP contribution in [0.3, 0.4) is 0 Å². The number of carbonyl (C=O) groups is 1. The lowest BCUT2D eigenvalue weighted by Gasteiger charge is -2.24. The molecular formula is C18H15F2N3O2. The van der Waals surface area contributed by atoms with E-state index in [-0.39, 0.29) is 24.2 Å². The molecule has 2 atom stereocenters. The maximum atomic E-state index is 14.2. The van der Waals surface area contributed by atoms with Gasteiger partial charge in [0.25, 0.3) is 5.91 Å². The van der Waals surface area contributed by atoms with Crippen LogP contribution in [0.4, 0.5) is 8.78 Å². The van der Waals surface area contributed by atoms with E-state index in [4.69, 9.17) is 0 Å². The number of benzene rings is 2. The minimum Gasteiger partial charge on any atom is -0.391 e. The van der Waals surface area contributed by atoms with E-state index in [1.54, 1.807) is 18.2 Å². The molecule has 1 amide bonds. The normalized spacial score (nSPS) is 20.4. The summed E-state index contributed by atoms with van der Waals surface area (Å²) in [5, 5.41) is 17.5. The molecule has 25 heavy (non-hydrogen) atoms. The Balaban J connectivity index is 1.74. The second kappa shape index (κ2) is 5.93. The van der Waals surface area contributed by atoms with Gasteiger partial charge >= 0.3 is 0 Å². The number of H-pyrrole nitrogens is 1. The third-order valence-electron chi connectivity index (χ3n) is 4.53. The lowest BCUT2D eigenvalue weighted by atomic mass is 10.0. The Morgan fingerprint density at radius 2 is 2.04 bits per heavy atom. The van der Waals surface area contributed by atoms with E-state index in [1.165, 1.54) is 4.90 Å². The smallest absolute Gasteiger partial charge is 0.275 e. The molecule has 2 heterocycles. The first kappa shape index (κ1) is 15.7. The van der Waals surface area contributed by atoms with E-state index in [2.05, 4.69) is 10.2 Å². The number of nitrogens with zero attached hydrogens (tertiary/aromatic N) is 2. The SMILES string of the molecule is O=C(c1n[nH]c2ccccc12)N1C[C@H](O)C[C@H]1c1cc(F)ccc1F. The number of rotatable bonds is 2. The number of likely N-dealkylation sites (tertiary alicyclic amines) is 1. The van der Waals surface area contributed by atoms with Crippen molar-refractivity contribution >= 4 is 16.8 Å². The molecule has 2 N–H and O–H groups in total. The van der Waals surface area contributed by atoms with Gasteiger partial charge in [0.15, 0.2) is 5.69 Å². The van der Waals surface area contributed by atoms with Crippen LogP contribution in [0.2, 0.25) is 0 Å².